The lowest BCUT2D eigenvalue weighted by Crippen LogP contribution is -2.39. The first kappa shape index (κ1) is 18.1. The molecule has 2 aromatic rings. The number of hydrogen-bond acceptors (Lipinski definition) is 3. The molecule has 1 fully saturated rings. The molecule has 3 amide bonds. The van der Waals surface area contributed by atoms with Gasteiger partial charge in [0.15, 0.2) is 0 Å². The Morgan fingerprint density at radius 3 is 2.65 bits per heavy atom. The van der Waals surface area contributed by atoms with Gasteiger partial charge < -0.3 is 20.3 Å². The number of halogens is 1. The van der Waals surface area contributed by atoms with Crippen LogP contribution in [0.25, 0.3) is 0 Å². The van der Waals surface area contributed by atoms with Crippen molar-refractivity contribution in [3.05, 3.63) is 53.1 Å². The van der Waals surface area contributed by atoms with Gasteiger partial charge in [-0.3, -0.25) is 4.79 Å². The largest absolute Gasteiger partial charge is 0.497 e. The van der Waals surface area contributed by atoms with E-state index in [1.54, 1.807) is 36.3 Å². The maximum atomic E-state index is 12.3. The van der Waals surface area contributed by atoms with E-state index in [2.05, 4.69) is 10.6 Å². The molecule has 7 heteroatoms. The van der Waals surface area contributed by atoms with E-state index >= 15 is 0 Å². The molecule has 0 bridgehead atoms. The van der Waals surface area contributed by atoms with Gasteiger partial charge in [0.2, 0.25) is 5.91 Å². The molecule has 3 rings (SSSR count). The number of rotatable bonds is 4. The Labute approximate surface area is 157 Å². The summed E-state index contributed by atoms with van der Waals surface area (Å²) < 4.78 is 5.13. The van der Waals surface area contributed by atoms with Crippen LogP contribution in [-0.4, -0.2) is 31.6 Å². The van der Waals surface area contributed by atoms with Gasteiger partial charge in [-0.1, -0.05) is 17.7 Å². The minimum Gasteiger partial charge on any atom is -0.497 e. The van der Waals surface area contributed by atoms with E-state index in [1.807, 2.05) is 25.1 Å². The molecule has 0 aromatic heterocycles. The number of anilines is 2. The Balaban J connectivity index is 1.61. The first-order chi connectivity index (χ1) is 12.5. The highest BCUT2D eigenvalue weighted by Gasteiger charge is 2.31. The van der Waals surface area contributed by atoms with Gasteiger partial charge >= 0.3 is 6.03 Å². The molecule has 0 radical (unpaired) electrons. The number of benzene rings is 2. The fourth-order valence-electron chi connectivity index (χ4n) is 2.89. The number of hydrogen-bond donors (Lipinski definition) is 2. The SMILES string of the molecule is COc1ccc(N2C[C@H](NC(=O)Nc3cc(Cl)ccc3C)CC2=O)cc1. The Hall–Kier alpha value is -2.73. The second-order valence-corrected chi connectivity index (χ2v) is 6.60. The van der Waals surface area contributed by atoms with Gasteiger partial charge in [-0.2, -0.15) is 0 Å². The van der Waals surface area contributed by atoms with Crippen molar-refractivity contribution in [3.63, 3.8) is 0 Å². The number of urea groups is 1. The van der Waals surface area contributed by atoms with Crippen molar-refractivity contribution < 1.29 is 14.3 Å². The number of carbonyl (C=O) groups is 2. The summed E-state index contributed by atoms with van der Waals surface area (Å²) in [4.78, 5) is 26.2. The second-order valence-electron chi connectivity index (χ2n) is 6.16. The molecule has 1 heterocycles. The van der Waals surface area contributed by atoms with E-state index in [9.17, 15) is 9.59 Å². The van der Waals surface area contributed by atoms with Gasteiger partial charge in [-0.25, -0.2) is 4.79 Å². The molecule has 1 atom stereocenters. The predicted molar refractivity (Wildman–Crippen MR) is 102 cm³/mol. The van der Waals surface area contributed by atoms with Gasteiger partial charge in [0.05, 0.1) is 13.2 Å². The maximum Gasteiger partial charge on any atom is 0.319 e. The number of nitrogens with one attached hydrogen (secondary N) is 2. The normalized spacial score (nSPS) is 16.5. The van der Waals surface area contributed by atoms with E-state index in [0.717, 1.165) is 17.0 Å². The van der Waals surface area contributed by atoms with Crippen molar-refractivity contribution in [1.29, 1.82) is 0 Å². The third kappa shape index (κ3) is 4.08. The van der Waals surface area contributed by atoms with E-state index in [1.165, 1.54) is 0 Å². The topological polar surface area (TPSA) is 70.7 Å². The molecule has 0 unspecified atom stereocenters. The highest BCUT2D eigenvalue weighted by molar-refractivity contribution is 6.31. The molecule has 1 aliphatic heterocycles. The fourth-order valence-corrected chi connectivity index (χ4v) is 3.06. The average Bonchev–Trinajstić information content (AvgIpc) is 2.98. The summed E-state index contributed by atoms with van der Waals surface area (Å²) >= 11 is 5.97. The fraction of sp³-hybridized carbons (Fsp3) is 0.263. The molecule has 2 N–H and O–H groups in total. The Bertz CT molecular complexity index is 823. The van der Waals surface area contributed by atoms with Crippen LogP contribution in [0.2, 0.25) is 5.02 Å². The van der Waals surface area contributed by atoms with E-state index < -0.39 is 0 Å². The lowest BCUT2D eigenvalue weighted by molar-refractivity contribution is -0.117. The third-order valence-electron chi connectivity index (χ3n) is 4.29. The number of amides is 3. The van der Waals surface area contributed by atoms with Crippen LogP contribution in [0.4, 0.5) is 16.2 Å². The van der Waals surface area contributed by atoms with E-state index in [0.29, 0.717) is 17.3 Å². The molecule has 26 heavy (non-hydrogen) atoms. The Morgan fingerprint density at radius 2 is 1.96 bits per heavy atom. The monoisotopic (exact) mass is 373 g/mol. The summed E-state index contributed by atoms with van der Waals surface area (Å²) in [5.41, 5.74) is 2.34. The second kappa shape index (κ2) is 7.66. The first-order valence-electron chi connectivity index (χ1n) is 8.24. The van der Waals surface area contributed by atoms with Crippen LogP contribution >= 0.6 is 11.6 Å². The molecule has 1 aliphatic rings. The first-order valence-corrected chi connectivity index (χ1v) is 8.62. The highest BCUT2D eigenvalue weighted by atomic mass is 35.5. The molecule has 6 nitrogen and oxygen atoms in total. The van der Waals surface area contributed by atoms with Crippen molar-refractivity contribution in [2.45, 2.75) is 19.4 Å². The van der Waals surface area contributed by atoms with Crippen LogP contribution in [-0.2, 0) is 4.79 Å². The standard InChI is InChI=1S/C19H20ClN3O3/c1-12-3-4-13(20)9-17(12)22-19(25)21-14-10-18(24)23(11-14)15-5-7-16(26-2)8-6-15/h3-9,14H,10-11H2,1-2H3,(H2,21,22,25)/t14-/m1/s1. The zero-order valence-electron chi connectivity index (χ0n) is 14.6. The number of nitrogens with zero attached hydrogens (tertiary/aromatic N) is 1. The molecule has 0 saturated carbocycles. The molecule has 0 aliphatic carbocycles. The Kier molecular flexibility index (Phi) is 5.32. The van der Waals surface area contributed by atoms with Crippen molar-refractivity contribution >= 4 is 34.9 Å². The highest BCUT2D eigenvalue weighted by Crippen LogP contribution is 2.24. The smallest absolute Gasteiger partial charge is 0.319 e. The van der Waals surface area contributed by atoms with Crippen molar-refractivity contribution in [3.8, 4) is 5.75 Å². The lowest BCUT2D eigenvalue weighted by Gasteiger charge is -2.18. The maximum absolute atomic E-state index is 12.3. The van der Waals surface area contributed by atoms with Gasteiger partial charge in [-0.15, -0.1) is 0 Å². The van der Waals surface area contributed by atoms with Gasteiger partial charge in [0.25, 0.3) is 0 Å². The average molecular weight is 374 g/mol. The van der Waals surface area contributed by atoms with Crippen molar-refractivity contribution in [2.24, 2.45) is 0 Å². The van der Waals surface area contributed by atoms with Gasteiger partial charge in [0, 0.05) is 29.4 Å². The minimum absolute atomic E-state index is 0.0283. The van der Waals surface area contributed by atoms with Crippen molar-refractivity contribution in [1.82, 2.24) is 5.32 Å². The van der Waals surface area contributed by atoms with E-state index in [-0.39, 0.29) is 24.4 Å². The van der Waals surface area contributed by atoms with Gasteiger partial charge in [-0.05, 0) is 48.9 Å². The quantitative estimate of drug-likeness (QED) is 0.860. The van der Waals surface area contributed by atoms with Crippen LogP contribution in [0.5, 0.6) is 5.75 Å². The zero-order valence-corrected chi connectivity index (χ0v) is 15.3. The predicted octanol–water partition coefficient (Wildman–Crippen LogP) is 3.58. The summed E-state index contributed by atoms with van der Waals surface area (Å²) in [6.07, 6.45) is 0.258. The number of aryl methyl sites for hydroxylation is 1. The number of methoxy groups -OCH3 is 1. The lowest BCUT2D eigenvalue weighted by atomic mass is 10.2. The molecule has 2 aromatic carbocycles. The van der Waals surface area contributed by atoms with Crippen LogP contribution in [0.1, 0.15) is 12.0 Å². The summed E-state index contributed by atoms with van der Waals surface area (Å²) in [5, 5.41) is 6.18. The van der Waals surface area contributed by atoms with Crippen LogP contribution in [0.3, 0.4) is 0 Å². The van der Waals surface area contributed by atoms with Gasteiger partial charge in [0.1, 0.15) is 5.75 Å². The van der Waals surface area contributed by atoms with E-state index in [4.69, 9.17) is 16.3 Å². The van der Waals surface area contributed by atoms with Crippen LogP contribution in [0, 0.1) is 6.92 Å². The number of ether oxygens (including phenoxy) is 1. The van der Waals surface area contributed by atoms with Crippen LogP contribution in [0.15, 0.2) is 42.5 Å². The summed E-state index contributed by atoms with van der Waals surface area (Å²) in [5.74, 6) is 0.700. The molecule has 0 spiro atoms. The number of carbonyl (C=O) groups excluding carboxylic acids is 2. The molecular formula is C19H20ClN3O3. The Morgan fingerprint density at radius 1 is 1.23 bits per heavy atom. The summed E-state index contributed by atoms with van der Waals surface area (Å²) in [7, 11) is 1.59. The zero-order chi connectivity index (χ0) is 18.7. The van der Waals surface area contributed by atoms with Crippen molar-refractivity contribution in [2.75, 3.05) is 23.9 Å². The third-order valence-corrected chi connectivity index (χ3v) is 4.53. The summed E-state index contributed by atoms with van der Waals surface area (Å²) in [6, 6.07) is 11.9. The molecule has 1 saturated heterocycles. The summed E-state index contributed by atoms with van der Waals surface area (Å²) in [6.45, 7) is 2.31. The molecule has 136 valence electrons. The molecular weight excluding hydrogens is 354 g/mol. The van der Waals surface area contributed by atoms with Crippen LogP contribution < -0.4 is 20.3 Å². The minimum atomic E-state index is -0.357.